The first-order valence-corrected chi connectivity index (χ1v) is 5.33. The average molecular weight is 233 g/mol. The number of hydrogen-bond donors (Lipinski definition) is 3. The van der Waals surface area contributed by atoms with E-state index < -0.39 is 0 Å². The van der Waals surface area contributed by atoms with Crippen LogP contribution in [0.25, 0.3) is 10.9 Å². The van der Waals surface area contributed by atoms with Crippen LogP contribution in [0.1, 0.15) is 18.4 Å². The molecule has 5 heteroatoms. The number of hydrazine groups is 1. The molecule has 0 fully saturated rings. The van der Waals surface area contributed by atoms with Gasteiger partial charge in [0.1, 0.15) is 5.75 Å². The maximum atomic E-state index is 11.5. The smallest absolute Gasteiger partial charge is 0.241 e. The first kappa shape index (κ1) is 11.5. The van der Waals surface area contributed by atoms with E-state index in [1.54, 1.807) is 7.11 Å². The molecule has 0 aliphatic carbocycles. The van der Waals surface area contributed by atoms with E-state index in [-0.39, 0.29) is 11.8 Å². The highest BCUT2D eigenvalue weighted by atomic mass is 16.5. The lowest BCUT2D eigenvalue weighted by Crippen LogP contribution is -2.33. The fourth-order valence-corrected chi connectivity index (χ4v) is 1.87. The monoisotopic (exact) mass is 233 g/mol. The highest BCUT2D eigenvalue weighted by Gasteiger charge is 2.18. The van der Waals surface area contributed by atoms with Gasteiger partial charge >= 0.3 is 0 Å². The van der Waals surface area contributed by atoms with Gasteiger partial charge in [0.2, 0.25) is 5.91 Å². The van der Waals surface area contributed by atoms with Crippen molar-refractivity contribution in [2.24, 2.45) is 5.84 Å². The summed E-state index contributed by atoms with van der Waals surface area (Å²) >= 11 is 0. The van der Waals surface area contributed by atoms with Gasteiger partial charge in [0.05, 0.1) is 13.0 Å². The molecule has 0 saturated carbocycles. The Morgan fingerprint density at radius 3 is 2.94 bits per heavy atom. The van der Waals surface area contributed by atoms with Gasteiger partial charge in [-0.05, 0) is 30.7 Å². The summed E-state index contributed by atoms with van der Waals surface area (Å²) in [6.07, 6.45) is 1.82. The molecular formula is C12H15N3O2. The van der Waals surface area contributed by atoms with Crippen molar-refractivity contribution in [2.45, 2.75) is 12.8 Å². The number of carbonyl (C=O) groups is 1. The minimum atomic E-state index is -0.305. The summed E-state index contributed by atoms with van der Waals surface area (Å²) in [4.78, 5) is 14.7. The normalized spacial score (nSPS) is 12.4. The van der Waals surface area contributed by atoms with Gasteiger partial charge in [-0.2, -0.15) is 0 Å². The van der Waals surface area contributed by atoms with Crippen molar-refractivity contribution in [3.63, 3.8) is 0 Å². The number of amides is 1. The summed E-state index contributed by atoms with van der Waals surface area (Å²) in [6, 6.07) is 5.70. The van der Waals surface area contributed by atoms with Crippen LogP contribution in [0.2, 0.25) is 0 Å². The van der Waals surface area contributed by atoms with Crippen LogP contribution in [0.3, 0.4) is 0 Å². The Hall–Kier alpha value is -2.01. The van der Waals surface area contributed by atoms with E-state index in [9.17, 15) is 4.79 Å². The van der Waals surface area contributed by atoms with Crippen molar-refractivity contribution in [1.29, 1.82) is 0 Å². The number of benzene rings is 1. The predicted octanol–water partition coefficient (Wildman–Crippen LogP) is 1.27. The van der Waals surface area contributed by atoms with Crippen molar-refractivity contribution in [2.75, 3.05) is 7.11 Å². The SMILES string of the molecule is COc1ccc2[nH]cc(C(C)C(=O)NN)c2c1. The Bertz CT molecular complexity index is 548. The van der Waals surface area contributed by atoms with Gasteiger partial charge in [-0.1, -0.05) is 0 Å². The molecule has 0 radical (unpaired) electrons. The Morgan fingerprint density at radius 2 is 2.29 bits per heavy atom. The van der Waals surface area contributed by atoms with Crippen LogP contribution >= 0.6 is 0 Å². The minimum absolute atomic E-state index is 0.214. The number of carbonyl (C=O) groups excluding carboxylic acids is 1. The van der Waals surface area contributed by atoms with Crippen LogP contribution in [0, 0.1) is 0 Å². The van der Waals surface area contributed by atoms with Gasteiger partial charge in [0.15, 0.2) is 0 Å². The molecular weight excluding hydrogens is 218 g/mol. The van der Waals surface area contributed by atoms with Gasteiger partial charge < -0.3 is 9.72 Å². The summed E-state index contributed by atoms with van der Waals surface area (Å²) < 4.78 is 5.17. The van der Waals surface area contributed by atoms with Gasteiger partial charge in [-0.3, -0.25) is 10.2 Å². The third kappa shape index (κ3) is 1.97. The lowest BCUT2D eigenvalue weighted by atomic mass is 10.00. The fraction of sp³-hybridized carbons (Fsp3) is 0.250. The van der Waals surface area contributed by atoms with Gasteiger partial charge in [0, 0.05) is 17.1 Å². The van der Waals surface area contributed by atoms with Crippen LogP contribution in [-0.2, 0) is 4.79 Å². The zero-order valence-electron chi connectivity index (χ0n) is 9.78. The average Bonchev–Trinajstić information content (AvgIpc) is 2.79. The summed E-state index contributed by atoms with van der Waals surface area (Å²) in [5, 5.41) is 0.973. The van der Waals surface area contributed by atoms with E-state index in [1.807, 2.05) is 31.3 Å². The van der Waals surface area contributed by atoms with Crippen molar-refractivity contribution in [1.82, 2.24) is 10.4 Å². The number of nitrogens with one attached hydrogen (secondary N) is 2. The molecule has 0 bridgehead atoms. The van der Waals surface area contributed by atoms with Crippen molar-refractivity contribution in [3.05, 3.63) is 30.0 Å². The third-order valence-electron chi connectivity index (χ3n) is 2.92. The molecule has 0 aliphatic rings. The lowest BCUT2D eigenvalue weighted by molar-refractivity contribution is -0.122. The number of ether oxygens (including phenoxy) is 1. The van der Waals surface area contributed by atoms with Crippen LogP contribution in [0.4, 0.5) is 0 Å². The van der Waals surface area contributed by atoms with E-state index in [2.05, 4.69) is 10.4 Å². The number of hydrogen-bond acceptors (Lipinski definition) is 3. The number of H-pyrrole nitrogens is 1. The lowest BCUT2D eigenvalue weighted by Gasteiger charge is -2.08. The second-order valence-electron chi connectivity index (χ2n) is 3.89. The predicted molar refractivity (Wildman–Crippen MR) is 65.6 cm³/mol. The summed E-state index contributed by atoms with van der Waals surface area (Å²) in [6.45, 7) is 1.81. The second kappa shape index (κ2) is 4.47. The molecule has 1 heterocycles. The molecule has 1 atom stereocenters. The van der Waals surface area contributed by atoms with Crippen LogP contribution in [-0.4, -0.2) is 18.0 Å². The zero-order valence-corrected chi connectivity index (χ0v) is 9.78. The highest BCUT2D eigenvalue weighted by Crippen LogP contribution is 2.28. The van der Waals surface area contributed by atoms with Crippen molar-refractivity contribution < 1.29 is 9.53 Å². The summed E-state index contributed by atoms with van der Waals surface area (Å²) in [5.74, 6) is 5.39. The molecule has 2 rings (SSSR count). The van der Waals surface area contributed by atoms with Crippen LogP contribution in [0.15, 0.2) is 24.4 Å². The fourth-order valence-electron chi connectivity index (χ4n) is 1.87. The van der Waals surface area contributed by atoms with E-state index in [4.69, 9.17) is 10.6 Å². The second-order valence-corrected chi connectivity index (χ2v) is 3.89. The zero-order chi connectivity index (χ0) is 12.4. The highest BCUT2D eigenvalue weighted by molar-refractivity contribution is 5.92. The number of nitrogens with two attached hydrogens (primary N) is 1. The van der Waals surface area contributed by atoms with Crippen LogP contribution in [0.5, 0.6) is 5.75 Å². The van der Waals surface area contributed by atoms with Gasteiger partial charge in [-0.15, -0.1) is 0 Å². The Balaban J connectivity index is 2.50. The van der Waals surface area contributed by atoms with Gasteiger partial charge in [0.25, 0.3) is 0 Å². The first-order valence-electron chi connectivity index (χ1n) is 5.33. The molecule has 4 N–H and O–H groups in total. The quantitative estimate of drug-likeness (QED) is 0.424. The molecule has 5 nitrogen and oxygen atoms in total. The molecule has 0 spiro atoms. The maximum Gasteiger partial charge on any atom is 0.241 e. The van der Waals surface area contributed by atoms with Crippen molar-refractivity contribution in [3.8, 4) is 5.75 Å². The summed E-state index contributed by atoms with van der Waals surface area (Å²) in [5.41, 5.74) is 4.04. The van der Waals surface area contributed by atoms with E-state index >= 15 is 0 Å². The number of fused-ring (bicyclic) bond motifs is 1. The topological polar surface area (TPSA) is 80.1 Å². The Labute approximate surface area is 98.9 Å². The molecule has 1 aromatic carbocycles. The number of methoxy groups -OCH3 is 1. The Morgan fingerprint density at radius 1 is 1.53 bits per heavy atom. The molecule has 1 aromatic heterocycles. The number of rotatable bonds is 3. The Kier molecular flexibility index (Phi) is 3.01. The first-order chi connectivity index (χ1) is 8.17. The van der Waals surface area contributed by atoms with Crippen molar-refractivity contribution >= 4 is 16.8 Å². The molecule has 90 valence electrons. The molecule has 17 heavy (non-hydrogen) atoms. The van der Waals surface area contributed by atoms with Gasteiger partial charge in [-0.25, -0.2) is 5.84 Å². The molecule has 0 saturated heterocycles. The molecule has 1 unspecified atom stereocenters. The largest absolute Gasteiger partial charge is 0.497 e. The minimum Gasteiger partial charge on any atom is -0.497 e. The molecule has 2 aromatic rings. The van der Waals surface area contributed by atoms with E-state index in [1.165, 1.54) is 0 Å². The van der Waals surface area contributed by atoms with E-state index in [0.717, 1.165) is 22.2 Å². The summed E-state index contributed by atoms with van der Waals surface area (Å²) in [7, 11) is 1.61. The standard InChI is InChI=1S/C12H15N3O2/c1-7(12(16)15-13)10-6-14-11-4-3-8(17-2)5-9(10)11/h3-7,14H,13H2,1-2H3,(H,15,16). The number of aromatic nitrogens is 1. The molecule has 0 aliphatic heterocycles. The maximum absolute atomic E-state index is 11.5. The third-order valence-corrected chi connectivity index (χ3v) is 2.92. The molecule has 1 amide bonds. The number of aromatic amines is 1. The van der Waals surface area contributed by atoms with Crippen LogP contribution < -0.4 is 16.0 Å². The van der Waals surface area contributed by atoms with E-state index in [0.29, 0.717) is 0 Å².